The maximum absolute atomic E-state index is 12.8. The number of benzene rings is 2. The summed E-state index contributed by atoms with van der Waals surface area (Å²) in [6.07, 6.45) is 3.47. The molecule has 0 aromatic heterocycles. The van der Waals surface area contributed by atoms with E-state index in [0.717, 1.165) is 18.7 Å². The van der Waals surface area contributed by atoms with Gasteiger partial charge >= 0.3 is 0 Å². The molecule has 2 N–H and O–H groups in total. The van der Waals surface area contributed by atoms with E-state index < -0.39 is 0 Å². The van der Waals surface area contributed by atoms with Crippen molar-refractivity contribution in [3.63, 3.8) is 0 Å². The van der Waals surface area contributed by atoms with E-state index in [0.29, 0.717) is 16.2 Å². The number of anilines is 1. The van der Waals surface area contributed by atoms with Gasteiger partial charge in [0, 0.05) is 23.4 Å². The molecule has 0 unspecified atom stereocenters. The Morgan fingerprint density at radius 3 is 2.33 bits per heavy atom. The number of nitrogens with one attached hydrogen (secondary N) is 2. The predicted octanol–water partition coefficient (Wildman–Crippen LogP) is 5.69. The lowest BCUT2D eigenvalue weighted by atomic mass is 9.86. The lowest BCUT2D eigenvalue weighted by Crippen LogP contribution is -2.29. The Morgan fingerprint density at radius 2 is 1.70 bits per heavy atom. The van der Waals surface area contributed by atoms with Crippen molar-refractivity contribution in [2.75, 3.05) is 11.9 Å². The van der Waals surface area contributed by atoms with Gasteiger partial charge in [0.25, 0.3) is 0 Å². The van der Waals surface area contributed by atoms with Crippen LogP contribution in [0.25, 0.3) is 0 Å². The summed E-state index contributed by atoms with van der Waals surface area (Å²) in [7, 11) is 0. The van der Waals surface area contributed by atoms with Crippen LogP contribution in [0.15, 0.2) is 48.5 Å². The van der Waals surface area contributed by atoms with E-state index in [9.17, 15) is 4.79 Å². The largest absolute Gasteiger partial charge is 0.362 e. The first-order valence-corrected chi connectivity index (χ1v) is 10.0. The molecule has 0 spiro atoms. The highest BCUT2D eigenvalue weighted by Gasteiger charge is 2.15. The Hall–Kier alpha value is -2.20. The molecule has 2 rings (SSSR count). The van der Waals surface area contributed by atoms with Crippen molar-refractivity contribution in [2.45, 2.75) is 52.4 Å². The average molecular weight is 383 g/mol. The first kappa shape index (κ1) is 21.1. The maximum atomic E-state index is 12.8. The Balaban J connectivity index is 2.03. The van der Waals surface area contributed by atoms with E-state index in [1.54, 1.807) is 0 Å². The van der Waals surface area contributed by atoms with Gasteiger partial charge in [-0.15, -0.1) is 0 Å². The highest BCUT2D eigenvalue weighted by Crippen LogP contribution is 2.23. The molecule has 0 heterocycles. The number of unbranched alkanes of at least 4 members (excludes halogenated alkanes) is 2. The lowest BCUT2D eigenvalue weighted by molar-refractivity contribution is 0.103. The highest BCUT2D eigenvalue weighted by atomic mass is 32.1. The Kier molecular flexibility index (Phi) is 7.55. The highest BCUT2D eigenvalue weighted by molar-refractivity contribution is 7.80. The number of rotatable bonds is 7. The first-order chi connectivity index (χ1) is 12.8. The SMILES string of the molecule is CCCCCNC(=S)Nc1cccc(C(=O)c2ccc(C(C)(C)C)cc2)c1. The molecule has 2 aromatic rings. The minimum Gasteiger partial charge on any atom is -0.362 e. The van der Waals surface area contributed by atoms with Crippen LogP contribution in [0.1, 0.15) is 68.4 Å². The smallest absolute Gasteiger partial charge is 0.193 e. The molecule has 27 heavy (non-hydrogen) atoms. The zero-order valence-electron chi connectivity index (χ0n) is 16.8. The summed E-state index contributed by atoms with van der Waals surface area (Å²) < 4.78 is 0. The van der Waals surface area contributed by atoms with Gasteiger partial charge in [-0.25, -0.2) is 0 Å². The topological polar surface area (TPSA) is 41.1 Å². The summed E-state index contributed by atoms with van der Waals surface area (Å²) >= 11 is 5.33. The van der Waals surface area contributed by atoms with Crippen molar-refractivity contribution in [3.8, 4) is 0 Å². The van der Waals surface area contributed by atoms with Crippen LogP contribution in [0, 0.1) is 0 Å². The van der Waals surface area contributed by atoms with Gasteiger partial charge in [0.15, 0.2) is 10.9 Å². The second-order valence-corrected chi connectivity index (χ2v) is 8.23. The molecule has 3 nitrogen and oxygen atoms in total. The van der Waals surface area contributed by atoms with Crippen LogP contribution in [-0.2, 0) is 5.41 Å². The fourth-order valence-corrected chi connectivity index (χ4v) is 3.00. The fraction of sp³-hybridized carbons (Fsp3) is 0.391. The standard InChI is InChI=1S/C23H30N2OS/c1-5-6-7-15-24-22(27)25-20-10-8-9-18(16-20)21(26)17-11-13-19(14-12-17)23(2,3)4/h8-14,16H,5-7,15H2,1-4H3,(H2,24,25,27). The average Bonchev–Trinajstić information content (AvgIpc) is 2.64. The number of thiocarbonyl (C=S) groups is 1. The summed E-state index contributed by atoms with van der Waals surface area (Å²) in [5.41, 5.74) is 3.46. The molecule has 144 valence electrons. The molecule has 0 aliphatic rings. The summed E-state index contributed by atoms with van der Waals surface area (Å²) in [5.74, 6) is 0.0148. The van der Waals surface area contributed by atoms with Crippen molar-refractivity contribution < 1.29 is 4.79 Å². The minimum atomic E-state index is 0.0148. The van der Waals surface area contributed by atoms with Crippen LogP contribution in [0.4, 0.5) is 5.69 Å². The van der Waals surface area contributed by atoms with Crippen LogP contribution in [0.2, 0.25) is 0 Å². The van der Waals surface area contributed by atoms with Crippen LogP contribution in [0.5, 0.6) is 0 Å². The predicted molar refractivity (Wildman–Crippen MR) is 119 cm³/mol. The number of hydrogen-bond donors (Lipinski definition) is 2. The quantitative estimate of drug-likeness (QED) is 0.366. The molecule has 0 saturated heterocycles. The van der Waals surface area contributed by atoms with Gasteiger partial charge in [-0.3, -0.25) is 4.79 Å². The van der Waals surface area contributed by atoms with Gasteiger partial charge in [0.05, 0.1) is 0 Å². The minimum absolute atomic E-state index is 0.0148. The van der Waals surface area contributed by atoms with Gasteiger partial charge in [-0.05, 0) is 41.7 Å². The molecule has 4 heteroatoms. The van der Waals surface area contributed by atoms with Crippen molar-refractivity contribution >= 4 is 28.8 Å². The van der Waals surface area contributed by atoms with E-state index in [-0.39, 0.29) is 11.2 Å². The van der Waals surface area contributed by atoms with Gasteiger partial charge in [0.1, 0.15) is 0 Å². The van der Waals surface area contributed by atoms with Crippen molar-refractivity contribution in [1.82, 2.24) is 5.32 Å². The zero-order chi connectivity index (χ0) is 19.9. The molecule has 0 atom stereocenters. The van der Waals surface area contributed by atoms with Crippen molar-refractivity contribution in [2.24, 2.45) is 0 Å². The third-order valence-corrected chi connectivity index (χ3v) is 4.71. The van der Waals surface area contributed by atoms with Crippen LogP contribution < -0.4 is 10.6 Å². The summed E-state index contributed by atoms with van der Waals surface area (Å²) in [6, 6.07) is 15.3. The third-order valence-electron chi connectivity index (χ3n) is 4.46. The maximum Gasteiger partial charge on any atom is 0.193 e. The van der Waals surface area contributed by atoms with E-state index in [1.807, 2.05) is 48.5 Å². The molecule has 0 aliphatic carbocycles. The van der Waals surface area contributed by atoms with E-state index in [2.05, 4.69) is 38.3 Å². The molecular formula is C23H30N2OS. The second kappa shape index (κ2) is 9.65. The Morgan fingerprint density at radius 1 is 1.00 bits per heavy atom. The van der Waals surface area contributed by atoms with E-state index in [1.165, 1.54) is 18.4 Å². The lowest BCUT2D eigenvalue weighted by Gasteiger charge is -2.19. The van der Waals surface area contributed by atoms with E-state index in [4.69, 9.17) is 12.2 Å². The molecule has 2 aromatic carbocycles. The normalized spacial score (nSPS) is 11.1. The van der Waals surface area contributed by atoms with Crippen molar-refractivity contribution in [1.29, 1.82) is 0 Å². The molecule has 0 aliphatic heterocycles. The summed E-state index contributed by atoms with van der Waals surface area (Å²) in [5, 5.41) is 6.95. The number of carbonyl (C=O) groups is 1. The molecular weight excluding hydrogens is 352 g/mol. The Labute approximate surface area is 168 Å². The zero-order valence-corrected chi connectivity index (χ0v) is 17.6. The second-order valence-electron chi connectivity index (χ2n) is 7.83. The summed E-state index contributed by atoms with van der Waals surface area (Å²) in [4.78, 5) is 12.8. The third kappa shape index (κ3) is 6.47. The number of ketones is 1. The number of hydrogen-bond acceptors (Lipinski definition) is 2. The Bertz CT molecular complexity index is 776. The molecule has 0 radical (unpaired) electrons. The monoisotopic (exact) mass is 382 g/mol. The number of carbonyl (C=O) groups excluding carboxylic acids is 1. The van der Waals surface area contributed by atoms with Crippen LogP contribution in [-0.4, -0.2) is 17.4 Å². The van der Waals surface area contributed by atoms with Gasteiger partial charge in [0.2, 0.25) is 0 Å². The molecule has 0 amide bonds. The molecule has 0 fully saturated rings. The summed E-state index contributed by atoms with van der Waals surface area (Å²) in [6.45, 7) is 9.53. The van der Waals surface area contributed by atoms with Crippen LogP contribution in [0.3, 0.4) is 0 Å². The molecule has 0 bridgehead atoms. The van der Waals surface area contributed by atoms with Gasteiger partial charge in [-0.2, -0.15) is 0 Å². The van der Waals surface area contributed by atoms with Gasteiger partial charge in [-0.1, -0.05) is 76.9 Å². The van der Waals surface area contributed by atoms with Gasteiger partial charge < -0.3 is 10.6 Å². The van der Waals surface area contributed by atoms with Crippen molar-refractivity contribution in [3.05, 3.63) is 65.2 Å². The molecule has 0 saturated carbocycles. The fourth-order valence-electron chi connectivity index (χ4n) is 2.78. The first-order valence-electron chi connectivity index (χ1n) is 9.61. The van der Waals surface area contributed by atoms with E-state index >= 15 is 0 Å². The van der Waals surface area contributed by atoms with Crippen LogP contribution >= 0.6 is 12.2 Å².